The minimum Gasteiger partial charge on any atom is -0.223 e. The molecule has 0 aliphatic carbocycles. The van der Waals surface area contributed by atoms with Crippen molar-refractivity contribution in [2.75, 3.05) is 0 Å². The van der Waals surface area contributed by atoms with E-state index < -0.39 is 5.95 Å². The van der Waals surface area contributed by atoms with Crippen molar-refractivity contribution in [3.63, 3.8) is 0 Å². The first-order valence-electron chi connectivity index (χ1n) is 6.42. The molecule has 110 valence electrons. The Kier molecular flexibility index (Phi) is 4.22. The van der Waals surface area contributed by atoms with E-state index >= 15 is 0 Å². The van der Waals surface area contributed by atoms with Gasteiger partial charge in [0.2, 0.25) is 5.95 Å². The molecule has 0 saturated heterocycles. The van der Waals surface area contributed by atoms with Gasteiger partial charge in [-0.05, 0) is 17.7 Å². The van der Waals surface area contributed by atoms with Gasteiger partial charge in [0.05, 0.1) is 5.02 Å². The molecular weight excluding hydrogens is 324 g/mol. The molecule has 2 aromatic carbocycles. The molecule has 6 heteroatoms. The second-order valence-corrected chi connectivity index (χ2v) is 5.34. The van der Waals surface area contributed by atoms with Crippen LogP contribution in [-0.4, -0.2) is 14.8 Å². The van der Waals surface area contributed by atoms with E-state index in [0.29, 0.717) is 26.7 Å². The molecule has 0 aliphatic heterocycles. The maximum atomic E-state index is 14.9. The van der Waals surface area contributed by atoms with Gasteiger partial charge in [-0.15, -0.1) is 0 Å². The average Bonchev–Trinajstić information content (AvgIpc) is 3.05. The lowest BCUT2D eigenvalue weighted by molar-refractivity contribution is 0.653. The number of aromatic nitrogens is 3. The van der Waals surface area contributed by atoms with Crippen molar-refractivity contribution in [2.45, 2.75) is 0 Å². The summed E-state index contributed by atoms with van der Waals surface area (Å²) in [7, 11) is 0. The van der Waals surface area contributed by atoms with Gasteiger partial charge >= 0.3 is 0 Å². The first kappa shape index (κ1) is 14.8. The molecule has 0 unspecified atom stereocenters. The average molecular weight is 334 g/mol. The lowest BCUT2D eigenvalue weighted by Crippen LogP contribution is -2.00. The van der Waals surface area contributed by atoms with Crippen LogP contribution in [0.15, 0.2) is 61.2 Å². The fraction of sp³-hybridized carbons (Fsp3) is 0. The fourth-order valence-corrected chi connectivity index (χ4v) is 2.61. The van der Waals surface area contributed by atoms with E-state index in [4.69, 9.17) is 23.2 Å². The lowest BCUT2D eigenvalue weighted by Gasteiger charge is -2.12. The van der Waals surface area contributed by atoms with Crippen molar-refractivity contribution < 1.29 is 4.39 Å². The van der Waals surface area contributed by atoms with Crippen LogP contribution in [0.5, 0.6) is 0 Å². The fourth-order valence-electron chi connectivity index (χ4n) is 2.11. The van der Waals surface area contributed by atoms with Gasteiger partial charge in [0.25, 0.3) is 0 Å². The Hall–Kier alpha value is -2.17. The molecule has 0 atom stereocenters. The van der Waals surface area contributed by atoms with Gasteiger partial charge in [-0.25, -0.2) is 4.98 Å². The van der Waals surface area contributed by atoms with Gasteiger partial charge in [-0.2, -0.15) is 14.2 Å². The smallest absolute Gasteiger partial charge is 0.223 e. The topological polar surface area (TPSA) is 30.7 Å². The third-order valence-electron chi connectivity index (χ3n) is 3.09. The Morgan fingerprint density at radius 2 is 1.82 bits per heavy atom. The molecule has 0 radical (unpaired) electrons. The van der Waals surface area contributed by atoms with Crippen molar-refractivity contribution >= 4 is 34.7 Å². The molecule has 0 fully saturated rings. The van der Waals surface area contributed by atoms with Gasteiger partial charge in [-0.3, -0.25) is 0 Å². The van der Waals surface area contributed by atoms with E-state index in [1.807, 2.05) is 18.2 Å². The molecule has 1 aromatic heterocycles. The molecule has 1 heterocycles. The van der Waals surface area contributed by atoms with Crippen molar-refractivity contribution in [3.8, 4) is 0 Å². The monoisotopic (exact) mass is 333 g/mol. The van der Waals surface area contributed by atoms with Gasteiger partial charge in [0, 0.05) is 16.2 Å². The molecule has 22 heavy (non-hydrogen) atoms. The van der Waals surface area contributed by atoms with E-state index in [-0.39, 0.29) is 0 Å². The van der Waals surface area contributed by atoms with Crippen LogP contribution < -0.4 is 0 Å². The van der Waals surface area contributed by atoms with E-state index in [1.165, 1.54) is 12.7 Å². The number of hydrogen-bond acceptors (Lipinski definition) is 2. The summed E-state index contributed by atoms with van der Waals surface area (Å²) in [5.74, 6) is -0.562. The number of halogens is 3. The quantitative estimate of drug-likeness (QED) is 0.680. The minimum absolute atomic E-state index is 0.327. The predicted octanol–water partition coefficient (Wildman–Crippen LogP) is 4.93. The van der Waals surface area contributed by atoms with Gasteiger partial charge in [-0.1, -0.05) is 59.6 Å². The Morgan fingerprint density at radius 1 is 1.05 bits per heavy atom. The van der Waals surface area contributed by atoms with Gasteiger partial charge in [0.1, 0.15) is 12.7 Å². The van der Waals surface area contributed by atoms with Crippen molar-refractivity contribution in [1.82, 2.24) is 14.8 Å². The van der Waals surface area contributed by atoms with Crippen LogP contribution in [0.3, 0.4) is 0 Å². The van der Waals surface area contributed by atoms with Crippen LogP contribution in [0.2, 0.25) is 10.0 Å². The second kappa shape index (κ2) is 6.30. The molecule has 3 aromatic rings. The van der Waals surface area contributed by atoms with Crippen LogP contribution in [0.1, 0.15) is 11.1 Å². The Labute approximate surface area is 136 Å². The van der Waals surface area contributed by atoms with Gasteiger partial charge in [0.15, 0.2) is 0 Å². The molecule has 0 bridgehead atoms. The summed E-state index contributed by atoms with van der Waals surface area (Å²) >= 11 is 12.2. The van der Waals surface area contributed by atoms with Crippen LogP contribution in [0.25, 0.3) is 11.5 Å². The first-order valence-corrected chi connectivity index (χ1v) is 7.18. The highest BCUT2D eigenvalue weighted by Crippen LogP contribution is 2.35. The van der Waals surface area contributed by atoms with Crippen LogP contribution >= 0.6 is 23.2 Å². The zero-order chi connectivity index (χ0) is 15.5. The molecule has 3 rings (SSSR count). The van der Waals surface area contributed by atoms with Crippen molar-refractivity contribution in [1.29, 1.82) is 0 Å². The summed E-state index contributed by atoms with van der Waals surface area (Å²) in [5, 5.41) is 4.69. The highest BCUT2D eigenvalue weighted by molar-refractivity contribution is 6.36. The SMILES string of the molecule is FC(=C(c1ccccc1)c1ccc(Cl)cc1Cl)n1cncn1. The molecule has 0 N–H and O–H groups in total. The predicted molar refractivity (Wildman–Crippen MR) is 86.2 cm³/mol. The maximum Gasteiger partial charge on any atom is 0.224 e. The van der Waals surface area contributed by atoms with E-state index in [1.54, 1.807) is 30.3 Å². The highest BCUT2D eigenvalue weighted by atomic mass is 35.5. The summed E-state index contributed by atoms with van der Waals surface area (Å²) < 4.78 is 16.0. The summed E-state index contributed by atoms with van der Waals surface area (Å²) in [4.78, 5) is 3.77. The van der Waals surface area contributed by atoms with Crippen LogP contribution in [0.4, 0.5) is 4.39 Å². The van der Waals surface area contributed by atoms with Crippen LogP contribution in [0, 0.1) is 0 Å². The van der Waals surface area contributed by atoms with Crippen molar-refractivity contribution in [2.24, 2.45) is 0 Å². The third-order valence-corrected chi connectivity index (χ3v) is 3.64. The number of rotatable bonds is 3. The lowest BCUT2D eigenvalue weighted by atomic mass is 9.98. The van der Waals surface area contributed by atoms with E-state index in [9.17, 15) is 4.39 Å². The molecule has 0 amide bonds. The number of hydrogen-bond donors (Lipinski definition) is 0. The Balaban J connectivity index is 2.27. The third kappa shape index (κ3) is 2.89. The normalized spacial score (nSPS) is 12.1. The standard InChI is InChI=1S/C16H10Cl2FN3/c17-12-6-7-13(14(18)8-12)15(11-4-2-1-3-5-11)16(19)22-10-20-9-21-22/h1-10H. The first-order chi connectivity index (χ1) is 10.7. The zero-order valence-corrected chi connectivity index (χ0v) is 12.8. The highest BCUT2D eigenvalue weighted by Gasteiger charge is 2.17. The maximum absolute atomic E-state index is 14.9. The number of nitrogens with zero attached hydrogens (tertiary/aromatic N) is 3. The minimum atomic E-state index is -0.562. The molecule has 3 nitrogen and oxygen atoms in total. The molecule has 0 spiro atoms. The largest absolute Gasteiger partial charge is 0.224 e. The van der Waals surface area contributed by atoms with Crippen molar-refractivity contribution in [3.05, 3.63) is 82.4 Å². The summed E-state index contributed by atoms with van der Waals surface area (Å²) in [6.45, 7) is 0. The van der Waals surface area contributed by atoms with Crippen LogP contribution in [-0.2, 0) is 0 Å². The van der Waals surface area contributed by atoms with Gasteiger partial charge < -0.3 is 0 Å². The summed E-state index contributed by atoms with van der Waals surface area (Å²) in [6, 6.07) is 14.0. The Bertz CT molecular complexity index is 815. The molecular formula is C16H10Cl2FN3. The molecule has 0 saturated carbocycles. The van der Waals surface area contributed by atoms with E-state index in [2.05, 4.69) is 10.1 Å². The molecule has 0 aliphatic rings. The second-order valence-electron chi connectivity index (χ2n) is 4.50. The zero-order valence-electron chi connectivity index (χ0n) is 11.2. The number of benzene rings is 2. The summed E-state index contributed by atoms with van der Waals surface area (Å²) in [5.41, 5.74) is 1.54. The summed E-state index contributed by atoms with van der Waals surface area (Å²) in [6.07, 6.45) is 2.56. The Morgan fingerprint density at radius 3 is 2.45 bits per heavy atom. The van der Waals surface area contributed by atoms with E-state index in [0.717, 1.165) is 4.68 Å².